The summed E-state index contributed by atoms with van der Waals surface area (Å²) in [5.74, 6) is 5.65. The van der Waals surface area contributed by atoms with Crippen LogP contribution in [-0.2, 0) is 0 Å². The van der Waals surface area contributed by atoms with E-state index in [-0.39, 0.29) is 0 Å². The number of hydrogen-bond donors (Lipinski definition) is 2. The van der Waals surface area contributed by atoms with Crippen LogP contribution < -0.4 is 11.3 Å². The Balaban J connectivity index is 2.37. The lowest BCUT2D eigenvalue weighted by molar-refractivity contribution is 0.444. The van der Waals surface area contributed by atoms with Crippen LogP contribution >= 0.6 is 15.9 Å². The predicted molar refractivity (Wildman–Crippen MR) is 59.8 cm³/mol. The SMILES string of the molecule is NNC(c1ccc(F)cn1)c1occc1Br. The van der Waals surface area contributed by atoms with E-state index in [1.165, 1.54) is 12.3 Å². The van der Waals surface area contributed by atoms with Crippen molar-refractivity contribution in [2.75, 3.05) is 0 Å². The van der Waals surface area contributed by atoms with Gasteiger partial charge in [0.25, 0.3) is 0 Å². The predicted octanol–water partition coefficient (Wildman–Crippen LogP) is 2.13. The lowest BCUT2D eigenvalue weighted by Gasteiger charge is -2.13. The molecule has 0 bridgehead atoms. The molecule has 0 aliphatic rings. The van der Waals surface area contributed by atoms with E-state index < -0.39 is 11.9 Å². The van der Waals surface area contributed by atoms with Crippen molar-refractivity contribution in [3.63, 3.8) is 0 Å². The molecular weight excluding hydrogens is 277 g/mol. The zero-order chi connectivity index (χ0) is 11.5. The largest absolute Gasteiger partial charge is 0.466 e. The Hall–Kier alpha value is -1.24. The second kappa shape index (κ2) is 4.73. The van der Waals surface area contributed by atoms with Crippen LogP contribution in [0.4, 0.5) is 4.39 Å². The Morgan fingerprint density at radius 2 is 2.25 bits per heavy atom. The quantitative estimate of drug-likeness (QED) is 0.670. The van der Waals surface area contributed by atoms with E-state index in [1.54, 1.807) is 12.1 Å². The molecule has 6 heteroatoms. The van der Waals surface area contributed by atoms with E-state index in [1.807, 2.05) is 0 Å². The van der Waals surface area contributed by atoms with E-state index in [9.17, 15) is 4.39 Å². The number of aromatic nitrogens is 1. The molecule has 0 spiro atoms. The first-order valence-electron chi connectivity index (χ1n) is 4.53. The van der Waals surface area contributed by atoms with Crippen molar-refractivity contribution in [3.8, 4) is 0 Å². The summed E-state index contributed by atoms with van der Waals surface area (Å²) < 4.78 is 18.8. The molecule has 16 heavy (non-hydrogen) atoms. The molecule has 0 radical (unpaired) electrons. The first-order valence-corrected chi connectivity index (χ1v) is 5.32. The molecule has 84 valence electrons. The van der Waals surface area contributed by atoms with Crippen LogP contribution in [0, 0.1) is 5.82 Å². The number of pyridine rings is 1. The minimum atomic E-state index is -0.412. The average Bonchev–Trinajstić information content (AvgIpc) is 2.69. The van der Waals surface area contributed by atoms with Gasteiger partial charge in [-0.15, -0.1) is 0 Å². The third kappa shape index (κ3) is 2.13. The highest BCUT2D eigenvalue weighted by Gasteiger charge is 2.19. The van der Waals surface area contributed by atoms with Crippen molar-refractivity contribution in [3.05, 3.63) is 52.4 Å². The van der Waals surface area contributed by atoms with Gasteiger partial charge in [-0.1, -0.05) is 0 Å². The maximum absolute atomic E-state index is 12.7. The molecular formula is C10H9BrFN3O. The number of rotatable bonds is 3. The van der Waals surface area contributed by atoms with Gasteiger partial charge in [0.2, 0.25) is 0 Å². The number of furan rings is 1. The van der Waals surface area contributed by atoms with Gasteiger partial charge in [-0.25, -0.2) is 9.82 Å². The molecule has 0 aliphatic carbocycles. The number of hydrogen-bond acceptors (Lipinski definition) is 4. The summed E-state index contributed by atoms with van der Waals surface area (Å²) in [4.78, 5) is 3.95. The molecule has 0 amide bonds. The molecule has 0 aromatic carbocycles. The van der Waals surface area contributed by atoms with Crippen molar-refractivity contribution < 1.29 is 8.81 Å². The molecule has 0 saturated heterocycles. The summed E-state index contributed by atoms with van der Waals surface area (Å²) >= 11 is 3.33. The fourth-order valence-electron chi connectivity index (χ4n) is 1.36. The summed E-state index contributed by atoms with van der Waals surface area (Å²) in [6.07, 6.45) is 2.67. The van der Waals surface area contributed by atoms with Crippen LogP contribution in [0.1, 0.15) is 17.5 Å². The maximum Gasteiger partial charge on any atom is 0.142 e. The fraction of sp³-hybridized carbons (Fsp3) is 0.100. The van der Waals surface area contributed by atoms with Gasteiger partial charge in [-0.05, 0) is 34.1 Å². The van der Waals surface area contributed by atoms with E-state index in [4.69, 9.17) is 10.3 Å². The van der Waals surface area contributed by atoms with E-state index in [2.05, 4.69) is 26.3 Å². The Labute approximate surface area is 99.8 Å². The normalized spacial score (nSPS) is 12.7. The molecule has 2 aromatic rings. The molecule has 1 atom stereocenters. The van der Waals surface area contributed by atoms with Crippen molar-refractivity contribution in [2.45, 2.75) is 6.04 Å². The molecule has 2 rings (SSSR count). The third-order valence-corrected chi connectivity index (χ3v) is 2.77. The van der Waals surface area contributed by atoms with Gasteiger partial charge in [-0.3, -0.25) is 10.8 Å². The molecule has 2 aromatic heterocycles. The van der Waals surface area contributed by atoms with Crippen molar-refractivity contribution in [1.29, 1.82) is 0 Å². The highest BCUT2D eigenvalue weighted by Crippen LogP contribution is 2.27. The Morgan fingerprint density at radius 1 is 1.44 bits per heavy atom. The first kappa shape index (κ1) is 11.3. The Morgan fingerprint density at radius 3 is 2.75 bits per heavy atom. The van der Waals surface area contributed by atoms with Crippen molar-refractivity contribution in [2.24, 2.45) is 5.84 Å². The lowest BCUT2D eigenvalue weighted by atomic mass is 10.1. The van der Waals surface area contributed by atoms with Gasteiger partial charge in [0.1, 0.15) is 17.6 Å². The number of hydrazine groups is 1. The highest BCUT2D eigenvalue weighted by molar-refractivity contribution is 9.10. The molecule has 1 unspecified atom stereocenters. The van der Waals surface area contributed by atoms with Gasteiger partial charge in [0, 0.05) is 0 Å². The first-order chi connectivity index (χ1) is 7.72. The average molecular weight is 286 g/mol. The van der Waals surface area contributed by atoms with Crippen LogP contribution in [0.5, 0.6) is 0 Å². The molecule has 2 heterocycles. The van der Waals surface area contributed by atoms with Crippen LogP contribution in [0.3, 0.4) is 0 Å². The van der Waals surface area contributed by atoms with Crippen molar-refractivity contribution >= 4 is 15.9 Å². The monoisotopic (exact) mass is 285 g/mol. The van der Waals surface area contributed by atoms with Gasteiger partial charge in [0.05, 0.1) is 22.6 Å². The zero-order valence-electron chi connectivity index (χ0n) is 8.15. The fourth-order valence-corrected chi connectivity index (χ4v) is 1.80. The standard InChI is InChI=1S/C10H9BrFN3O/c11-7-3-4-16-10(7)9(15-13)8-2-1-6(12)5-14-8/h1-5,9,15H,13H2. The molecule has 3 N–H and O–H groups in total. The summed E-state index contributed by atoms with van der Waals surface area (Å²) in [5, 5.41) is 0. The molecule has 0 saturated carbocycles. The van der Waals surface area contributed by atoms with E-state index >= 15 is 0 Å². The minimum absolute atomic E-state index is 0.391. The Kier molecular flexibility index (Phi) is 3.33. The maximum atomic E-state index is 12.7. The molecule has 0 aliphatic heterocycles. The second-order valence-electron chi connectivity index (χ2n) is 3.13. The van der Waals surface area contributed by atoms with Crippen LogP contribution in [0.25, 0.3) is 0 Å². The topological polar surface area (TPSA) is 64.1 Å². The number of nitrogens with two attached hydrogens (primary N) is 1. The third-order valence-electron chi connectivity index (χ3n) is 2.12. The van der Waals surface area contributed by atoms with Crippen LogP contribution in [0.15, 0.2) is 39.5 Å². The number of nitrogens with zero attached hydrogens (tertiary/aromatic N) is 1. The van der Waals surface area contributed by atoms with Gasteiger partial charge >= 0.3 is 0 Å². The van der Waals surface area contributed by atoms with Gasteiger partial charge < -0.3 is 4.42 Å². The van der Waals surface area contributed by atoms with Crippen LogP contribution in [0.2, 0.25) is 0 Å². The Bertz CT molecular complexity index is 471. The van der Waals surface area contributed by atoms with Gasteiger partial charge in [0.15, 0.2) is 0 Å². The second-order valence-corrected chi connectivity index (χ2v) is 3.99. The summed E-state index contributed by atoms with van der Waals surface area (Å²) in [5.41, 5.74) is 3.16. The smallest absolute Gasteiger partial charge is 0.142 e. The lowest BCUT2D eigenvalue weighted by Crippen LogP contribution is -2.29. The molecule has 4 nitrogen and oxygen atoms in total. The summed E-state index contributed by atoms with van der Waals surface area (Å²) in [6.45, 7) is 0. The van der Waals surface area contributed by atoms with Gasteiger partial charge in [-0.2, -0.15) is 0 Å². The molecule has 0 fully saturated rings. The summed E-state index contributed by atoms with van der Waals surface area (Å²) in [7, 11) is 0. The van der Waals surface area contributed by atoms with Crippen molar-refractivity contribution in [1.82, 2.24) is 10.4 Å². The highest BCUT2D eigenvalue weighted by atomic mass is 79.9. The zero-order valence-corrected chi connectivity index (χ0v) is 9.74. The van der Waals surface area contributed by atoms with E-state index in [0.29, 0.717) is 11.5 Å². The van der Waals surface area contributed by atoms with E-state index in [0.717, 1.165) is 10.7 Å². The number of nitrogens with one attached hydrogen (secondary N) is 1. The van der Waals surface area contributed by atoms with Crippen LogP contribution in [-0.4, -0.2) is 4.98 Å². The number of halogens is 2. The summed E-state index contributed by atoms with van der Waals surface area (Å²) in [6, 6.07) is 4.21. The minimum Gasteiger partial charge on any atom is -0.466 e.